The number of nitrogens with zero attached hydrogens (tertiary/aromatic N) is 2. The maximum atomic E-state index is 14.9. The van der Waals surface area contributed by atoms with Gasteiger partial charge in [-0.1, -0.05) is 185 Å². The average Bonchev–Trinajstić information content (AvgIpc) is 0.878. The fourth-order valence-electron chi connectivity index (χ4n) is 10.4. The topological polar surface area (TPSA) is 213 Å². The number of benzene rings is 8. The molecule has 8 bridgehead atoms. The molecule has 0 saturated heterocycles. The van der Waals surface area contributed by atoms with Crippen molar-refractivity contribution in [3.63, 3.8) is 0 Å². The predicted octanol–water partition coefficient (Wildman–Crippen LogP) is 14.9. The Morgan fingerprint density at radius 2 is 0.656 bits per heavy atom. The van der Waals surface area contributed by atoms with Crippen molar-refractivity contribution in [2.24, 2.45) is 0 Å². The van der Waals surface area contributed by atoms with E-state index >= 15 is 0 Å². The van der Waals surface area contributed by atoms with Crippen LogP contribution in [-0.4, -0.2) is 61.0 Å². The number of phenolic OH excluding ortho intramolecular Hbond substituents is 2. The molecule has 4 N–H and O–H groups in total. The number of hydrogen-bond donors (Lipinski definition) is 4. The summed E-state index contributed by atoms with van der Waals surface area (Å²) in [5, 5.41) is 27.3. The number of ether oxygens (including phenoxy) is 8. The molecular weight excluding hydrogens is 1140 g/mol. The standard InChI is InChI=1S/C72H76N4O14/c1-5-35-83-65-53-31-21-33-55(65)41-59-63(75(71(81)89-47-51-27-17-11-18-28-51)73-69(79)87-45-49-23-13-9-14-24-49)62(78)44-58(68(59)86-38-8-4)40-54-32-22-34-56(66(54)84-36-6-2)42-60-64(61(77)43-57(39-53)67(60)85-37-7-3)76(72(82)90-48-52-29-19-12-20-30-52)74-70(80)88-46-50-25-15-10-16-26-50/h9-34,43-44,77-78H,5-8,35-42,45-48H2,1-4H3,(H,73,79)(H,74,80). The highest BCUT2D eigenvalue weighted by atomic mass is 16.6. The molecule has 18 heteroatoms. The fraction of sp³-hybridized carbons (Fsp3) is 0.278. The number of hydrazine groups is 2. The first-order valence-electron chi connectivity index (χ1n) is 30.4. The third-order valence-electron chi connectivity index (χ3n) is 14.5. The molecule has 0 heterocycles. The van der Waals surface area contributed by atoms with Gasteiger partial charge in [-0.15, -0.1) is 0 Å². The maximum Gasteiger partial charge on any atom is 0.434 e. The van der Waals surface area contributed by atoms with E-state index in [0.29, 0.717) is 115 Å². The monoisotopic (exact) mass is 1220 g/mol. The van der Waals surface area contributed by atoms with Crippen LogP contribution >= 0.6 is 0 Å². The number of carbonyl (C=O) groups is 4. The Morgan fingerprint density at radius 3 is 0.967 bits per heavy atom. The number of nitrogens with one attached hydrogen (secondary N) is 2. The number of fused-ring (bicyclic) bond motifs is 8. The first kappa shape index (κ1) is 64.1. The van der Waals surface area contributed by atoms with Crippen LogP contribution in [0.25, 0.3) is 0 Å². The molecule has 0 spiro atoms. The van der Waals surface area contributed by atoms with Gasteiger partial charge in [-0.3, -0.25) is 0 Å². The maximum absolute atomic E-state index is 14.9. The van der Waals surface area contributed by atoms with Crippen LogP contribution in [-0.2, 0) is 71.1 Å². The molecule has 0 aromatic heterocycles. The number of hydrogen-bond acceptors (Lipinski definition) is 14. The number of amides is 4. The summed E-state index contributed by atoms with van der Waals surface area (Å²) in [5.41, 5.74) is 11.7. The molecule has 8 aromatic rings. The Kier molecular flexibility index (Phi) is 22.8. The highest BCUT2D eigenvalue weighted by Gasteiger charge is 2.35. The minimum atomic E-state index is -1.04. The lowest BCUT2D eigenvalue weighted by atomic mass is 9.89. The van der Waals surface area contributed by atoms with E-state index in [2.05, 4.69) is 10.9 Å². The lowest BCUT2D eigenvalue weighted by molar-refractivity contribution is 0.126. The van der Waals surface area contributed by atoms with Gasteiger partial charge < -0.3 is 48.1 Å². The zero-order valence-corrected chi connectivity index (χ0v) is 51.2. The summed E-state index contributed by atoms with van der Waals surface area (Å²) in [6.07, 6.45) is -1.75. The molecule has 0 unspecified atom stereocenters. The molecule has 0 aliphatic heterocycles. The highest BCUT2D eigenvalue weighted by Crippen LogP contribution is 2.48. The summed E-state index contributed by atoms with van der Waals surface area (Å²) < 4.78 is 50.6. The summed E-state index contributed by atoms with van der Waals surface area (Å²) in [6, 6.07) is 50.5. The number of phenols is 2. The van der Waals surface area contributed by atoms with Crippen molar-refractivity contribution < 1.29 is 67.3 Å². The second-order valence-electron chi connectivity index (χ2n) is 21.4. The Hall–Kier alpha value is -10.4. The molecule has 0 radical (unpaired) electrons. The molecule has 468 valence electrons. The van der Waals surface area contributed by atoms with Crippen LogP contribution in [0.15, 0.2) is 170 Å². The smallest absolute Gasteiger partial charge is 0.434 e. The van der Waals surface area contributed by atoms with Gasteiger partial charge in [-0.05, 0) is 82.3 Å². The van der Waals surface area contributed by atoms with E-state index in [-0.39, 0.29) is 89.9 Å². The molecule has 18 nitrogen and oxygen atoms in total. The largest absolute Gasteiger partial charge is 0.506 e. The van der Waals surface area contributed by atoms with Gasteiger partial charge in [0.2, 0.25) is 0 Å². The van der Waals surface area contributed by atoms with Crippen LogP contribution < -0.4 is 39.8 Å². The average molecular weight is 1220 g/mol. The molecule has 1 aliphatic carbocycles. The number of aromatic hydroxyl groups is 2. The Balaban J connectivity index is 1.26. The van der Waals surface area contributed by atoms with Crippen molar-refractivity contribution in [3.05, 3.63) is 237 Å². The van der Waals surface area contributed by atoms with Gasteiger partial charge in [-0.25, -0.2) is 30.0 Å². The second kappa shape index (κ2) is 32.0. The number of carbonyl (C=O) groups excluding carboxylic acids is 4. The zero-order valence-electron chi connectivity index (χ0n) is 51.2. The first-order chi connectivity index (χ1) is 44.0. The number of anilines is 2. The SMILES string of the molecule is CCCOc1c2cccc1Cc1c(OCCC)c(cc(O)c1N(NC(=O)OCc1ccccc1)C(=O)OCc1ccccc1)Cc1cccc(c1OCCC)Cc1c(OCCC)c(cc(O)c1N(NC(=O)OCc1ccccc1)C(=O)OCc1ccccc1)C2. The van der Waals surface area contributed by atoms with E-state index in [1.54, 1.807) is 48.5 Å². The normalized spacial score (nSPS) is 11.5. The van der Waals surface area contributed by atoms with E-state index < -0.39 is 35.9 Å². The van der Waals surface area contributed by atoms with Gasteiger partial charge in [0.15, 0.2) is 0 Å². The van der Waals surface area contributed by atoms with Crippen LogP contribution in [0, 0.1) is 0 Å². The Bertz CT molecular complexity index is 3460. The summed E-state index contributed by atoms with van der Waals surface area (Å²) in [7, 11) is 0. The van der Waals surface area contributed by atoms with Crippen LogP contribution in [0.1, 0.15) is 120 Å². The van der Waals surface area contributed by atoms with Gasteiger partial charge >= 0.3 is 24.4 Å². The molecule has 90 heavy (non-hydrogen) atoms. The number of para-hydroxylation sites is 2. The summed E-state index contributed by atoms with van der Waals surface area (Å²) in [5.74, 6) is 0.672. The van der Waals surface area contributed by atoms with Gasteiger partial charge in [-0.2, -0.15) is 10.0 Å². The van der Waals surface area contributed by atoms with Crippen molar-refractivity contribution in [2.75, 3.05) is 36.4 Å². The van der Waals surface area contributed by atoms with Crippen LogP contribution in [0.2, 0.25) is 0 Å². The molecule has 1 aliphatic rings. The lowest BCUT2D eigenvalue weighted by Gasteiger charge is -2.29. The molecule has 0 fully saturated rings. The van der Waals surface area contributed by atoms with Crippen molar-refractivity contribution >= 4 is 35.7 Å². The second-order valence-corrected chi connectivity index (χ2v) is 21.4. The van der Waals surface area contributed by atoms with E-state index in [1.807, 2.05) is 137 Å². The molecule has 0 atom stereocenters. The third kappa shape index (κ3) is 16.6. The molecule has 0 saturated carbocycles. The molecule has 8 aromatic carbocycles. The number of rotatable bonds is 22. The zero-order chi connectivity index (χ0) is 63.2. The fourth-order valence-corrected chi connectivity index (χ4v) is 10.4. The van der Waals surface area contributed by atoms with Gasteiger partial charge in [0.05, 0.1) is 26.4 Å². The van der Waals surface area contributed by atoms with Gasteiger partial charge in [0.25, 0.3) is 0 Å². The van der Waals surface area contributed by atoms with Crippen molar-refractivity contribution in [3.8, 4) is 34.5 Å². The Morgan fingerprint density at radius 1 is 0.367 bits per heavy atom. The molecule has 4 amide bonds. The minimum absolute atomic E-state index is 0.0637. The van der Waals surface area contributed by atoms with E-state index in [4.69, 9.17) is 37.9 Å². The minimum Gasteiger partial charge on any atom is -0.506 e. The Labute approximate surface area is 524 Å². The van der Waals surface area contributed by atoms with Crippen molar-refractivity contribution in [2.45, 2.75) is 105 Å². The summed E-state index contributed by atoms with van der Waals surface area (Å²) >= 11 is 0. The van der Waals surface area contributed by atoms with Crippen LogP contribution in [0.4, 0.5) is 30.6 Å². The van der Waals surface area contributed by atoms with Gasteiger partial charge in [0, 0.05) is 47.9 Å². The predicted molar refractivity (Wildman–Crippen MR) is 341 cm³/mol. The van der Waals surface area contributed by atoms with E-state index in [1.165, 1.54) is 12.1 Å². The molecule has 9 rings (SSSR count). The van der Waals surface area contributed by atoms with Crippen molar-refractivity contribution in [1.82, 2.24) is 10.9 Å². The molecular formula is C72H76N4O14. The third-order valence-corrected chi connectivity index (χ3v) is 14.5. The van der Waals surface area contributed by atoms with E-state index in [9.17, 15) is 29.4 Å². The quantitative estimate of drug-likeness (QED) is 0.0367. The summed E-state index contributed by atoms with van der Waals surface area (Å²) in [6.45, 7) is 8.18. The highest BCUT2D eigenvalue weighted by molar-refractivity contribution is 5.95. The first-order valence-corrected chi connectivity index (χ1v) is 30.4. The lowest BCUT2D eigenvalue weighted by Crippen LogP contribution is -2.47. The van der Waals surface area contributed by atoms with Gasteiger partial charge in [0.1, 0.15) is 72.3 Å². The van der Waals surface area contributed by atoms with E-state index in [0.717, 1.165) is 10.0 Å². The van der Waals surface area contributed by atoms with Crippen LogP contribution in [0.3, 0.4) is 0 Å². The van der Waals surface area contributed by atoms with Crippen molar-refractivity contribution in [1.29, 1.82) is 0 Å². The van der Waals surface area contributed by atoms with Crippen LogP contribution in [0.5, 0.6) is 34.5 Å². The summed E-state index contributed by atoms with van der Waals surface area (Å²) in [4.78, 5) is 57.9.